The minimum Gasteiger partial charge on any atom is -0.418 e. The zero-order valence-corrected chi connectivity index (χ0v) is 10.1. The molecule has 1 unspecified atom stereocenters. The highest BCUT2D eigenvalue weighted by molar-refractivity contribution is 5.58. The van der Waals surface area contributed by atoms with Crippen LogP contribution < -0.4 is 4.90 Å². The van der Waals surface area contributed by atoms with E-state index < -0.39 is 6.10 Å². The molecule has 0 radical (unpaired) electrons. The van der Waals surface area contributed by atoms with Gasteiger partial charge in [0.15, 0.2) is 0 Å². The van der Waals surface area contributed by atoms with Crippen LogP contribution in [-0.4, -0.2) is 29.4 Å². The molecular weight excluding hydrogens is 218 g/mol. The number of anilines is 1. The van der Waals surface area contributed by atoms with Gasteiger partial charge in [-0.2, -0.15) is 0 Å². The third-order valence-corrected chi connectivity index (χ3v) is 2.43. The number of hydrogen-bond acceptors (Lipinski definition) is 5. The van der Waals surface area contributed by atoms with Crippen LogP contribution in [0.25, 0.3) is 11.5 Å². The highest BCUT2D eigenvalue weighted by Crippen LogP contribution is 2.22. The van der Waals surface area contributed by atoms with Crippen LogP contribution in [0.2, 0.25) is 0 Å². The SMILES string of the molecule is CC(O)c1nnc(-c2ccc(N(C)C)cc2)o1. The fourth-order valence-corrected chi connectivity index (χ4v) is 1.42. The van der Waals surface area contributed by atoms with Gasteiger partial charge in [-0.25, -0.2) is 0 Å². The molecule has 0 saturated carbocycles. The highest BCUT2D eigenvalue weighted by Gasteiger charge is 2.12. The first-order valence-corrected chi connectivity index (χ1v) is 5.37. The van der Waals surface area contributed by atoms with E-state index in [2.05, 4.69) is 10.2 Å². The monoisotopic (exact) mass is 233 g/mol. The molecular formula is C12H15N3O2. The second kappa shape index (κ2) is 4.55. The van der Waals surface area contributed by atoms with Crippen molar-refractivity contribution in [2.75, 3.05) is 19.0 Å². The Hall–Kier alpha value is -1.88. The van der Waals surface area contributed by atoms with Crippen LogP contribution in [0.15, 0.2) is 28.7 Å². The molecule has 0 spiro atoms. The van der Waals surface area contributed by atoms with Crippen LogP contribution in [-0.2, 0) is 0 Å². The zero-order valence-electron chi connectivity index (χ0n) is 10.1. The van der Waals surface area contributed by atoms with E-state index in [1.54, 1.807) is 6.92 Å². The van der Waals surface area contributed by atoms with E-state index in [0.29, 0.717) is 5.89 Å². The average molecular weight is 233 g/mol. The molecule has 1 N–H and O–H groups in total. The molecule has 0 aliphatic heterocycles. The lowest BCUT2D eigenvalue weighted by molar-refractivity contribution is 0.163. The van der Waals surface area contributed by atoms with Crippen molar-refractivity contribution in [1.82, 2.24) is 10.2 Å². The molecule has 5 heteroatoms. The van der Waals surface area contributed by atoms with Gasteiger partial charge in [-0.3, -0.25) is 0 Å². The highest BCUT2D eigenvalue weighted by atomic mass is 16.4. The van der Waals surface area contributed by atoms with E-state index >= 15 is 0 Å². The van der Waals surface area contributed by atoms with E-state index in [-0.39, 0.29) is 5.89 Å². The Morgan fingerprint density at radius 1 is 1.18 bits per heavy atom. The van der Waals surface area contributed by atoms with Crippen molar-refractivity contribution in [3.63, 3.8) is 0 Å². The second-order valence-corrected chi connectivity index (χ2v) is 4.06. The van der Waals surface area contributed by atoms with Gasteiger partial charge < -0.3 is 14.4 Å². The first kappa shape index (κ1) is 11.6. The van der Waals surface area contributed by atoms with Crippen LogP contribution in [0, 0.1) is 0 Å². The number of aliphatic hydroxyl groups excluding tert-OH is 1. The summed E-state index contributed by atoms with van der Waals surface area (Å²) in [6.45, 7) is 1.59. The zero-order chi connectivity index (χ0) is 12.4. The Balaban J connectivity index is 2.27. The molecule has 0 amide bonds. The van der Waals surface area contributed by atoms with Crippen LogP contribution >= 0.6 is 0 Å². The van der Waals surface area contributed by atoms with E-state index in [9.17, 15) is 5.11 Å². The Morgan fingerprint density at radius 2 is 1.82 bits per heavy atom. The largest absolute Gasteiger partial charge is 0.418 e. The molecule has 2 rings (SSSR count). The quantitative estimate of drug-likeness (QED) is 0.876. The molecule has 0 bridgehead atoms. The molecule has 1 aromatic carbocycles. The molecule has 0 aliphatic rings. The molecule has 2 aromatic rings. The van der Waals surface area contributed by atoms with Crippen molar-refractivity contribution in [2.24, 2.45) is 0 Å². The van der Waals surface area contributed by atoms with Gasteiger partial charge in [0.25, 0.3) is 0 Å². The molecule has 1 heterocycles. The van der Waals surface area contributed by atoms with Crippen molar-refractivity contribution < 1.29 is 9.52 Å². The molecule has 0 fully saturated rings. The van der Waals surface area contributed by atoms with Crippen LogP contribution in [0.4, 0.5) is 5.69 Å². The smallest absolute Gasteiger partial charge is 0.247 e. The maximum Gasteiger partial charge on any atom is 0.247 e. The number of aromatic nitrogens is 2. The fourth-order valence-electron chi connectivity index (χ4n) is 1.42. The molecule has 1 atom stereocenters. The number of aliphatic hydroxyl groups is 1. The molecule has 17 heavy (non-hydrogen) atoms. The molecule has 0 saturated heterocycles. The Kier molecular flexibility index (Phi) is 3.10. The summed E-state index contributed by atoms with van der Waals surface area (Å²) >= 11 is 0. The van der Waals surface area contributed by atoms with Crippen molar-refractivity contribution in [2.45, 2.75) is 13.0 Å². The van der Waals surface area contributed by atoms with Gasteiger partial charge in [0, 0.05) is 25.3 Å². The predicted molar refractivity (Wildman–Crippen MR) is 64.7 cm³/mol. The summed E-state index contributed by atoms with van der Waals surface area (Å²) in [4.78, 5) is 2.01. The molecule has 90 valence electrons. The average Bonchev–Trinajstić information content (AvgIpc) is 2.78. The van der Waals surface area contributed by atoms with E-state index in [1.807, 2.05) is 43.3 Å². The van der Waals surface area contributed by atoms with Gasteiger partial charge in [0.2, 0.25) is 11.8 Å². The van der Waals surface area contributed by atoms with Gasteiger partial charge in [-0.05, 0) is 31.2 Å². The van der Waals surface area contributed by atoms with E-state index in [0.717, 1.165) is 11.3 Å². The maximum atomic E-state index is 9.30. The first-order chi connectivity index (χ1) is 8.08. The first-order valence-electron chi connectivity index (χ1n) is 5.37. The summed E-state index contributed by atoms with van der Waals surface area (Å²) in [5.74, 6) is 0.655. The van der Waals surface area contributed by atoms with Crippen LogP contribution in [0.3, 0.4) is 0 Å². The van der Waals surface area contributed by atoms with Crippen LogP contribution in [0.5, 0.6) is 0 Å². The standard InChI is InChI=1S/C12H15N3O2/c1-8(16)11-13-14-12(17-11)9-4-6-10(7-5-9)15(2)3/h4-8,16H,1-3H3. The van der Waals surface area contributed by atoms with Gasteiger partial charge in [-0.15, -0.1) is 10.2 Å². The summed E-state index contributed by atoms with van der Waals surface area (Å²) in [5.41, 5.74) is 1.94. The third-order valence-electron chi connectivity index (χ3n) is 2.43. The topological polar surface area (TPSA) is 62.4 Å². The lowest BCUT2D eigenvalue weighted by Gasteiger charge is -2.11. The normalized spacial score (nSPS) is 12.5. The Labute approximate surface area is 99.7 Å². The van der Waals surface area contributed by atoms with Gasteiger partial charge in [0.05, 0.1) is 0 Å². The number of rotatable bonds is 3. The molecule has 0 aliphatic carbocycles. The third kappa shape index (κ3) is 2.45. The van der Waals surface area contributed by atoms with Gasteiger partial charge >= 0.3 is 0 Å². The van der Waals surface area contributed by atoms with Gasteiger partial charge in [-0.1, -0.05) is 0 Å². The minimum atomic E-state index is -0.739. The second-order valence-electron chi connectivity index (χ2n) is 4.06. The lowest BCUT2D eigenvalue weighted by Crippen LogP contribution is -2.07. The number of benzene rings is 1. The van der Waals surface area contributed by atoms with Gasteiger partial charge in [0.1, 0.15) is 6.10 Å². The summed E-state index contributed by atoms with van der Waals surface area (Å²) in [5, 5.41) is 17.0. The van der Waals surface area contributed by atoms with Crippen molar-refractivity contribution in [3.05, 3.63) is 30.2 Å². The predicted octanol–water partition coefficient (Wildman–Crippen LogP) is 1.86. The molecule has 5 nitrogen and oxygen atoms in total. The Bertz CT molecular complexity index is 489. The Morgan fingerprint density at radius 3 is 2.29 bits per heavy atom. The summed E-state index contributed by atoms with van der Waals surface area (Å²) < 4.78 is 5.35. The maximum absolute atomic E-state index is 9.30. The van der Waals surface area contributed by atoms with Crippen molar-refractivity contribution >= 4 is 5.69 Å². The summed E-state index contributed by atoms with van der Waals surface area (Å²) in [7, 11) is 3.96. The summed E-state index contributed by atoms with van der Waals surface area (Å²) in [6, 6.07) is 7.77. The minimum absolute atomic E-state index is 0.233. The lowest BCUT2D eigenvalue weighted by atomic mass is 10.2. The van der Waals surface area contributed by atoms with Crippen LogP contribution in [0.1, 0.15) is 18.9 Å². The summed E-state index contributed by atoms with van der Waals surface area (Å²) in [6.07, 6.45) is -0.739. The van der Waals surface area contributed by atoms with E-state index in [1.165, 1.54) is 0 Å². The number of nitrogens with zero attached hydrogens (tertiary/aromatic N) is 3. The van der Waals surface area contributed by atoms with E-state index in [4.69, 9.17) is 4.42 Å². The fraction of sp³-hybridized carbons (Fsp3) is 0.333. The number of hydrogen-bond donors (Lipinski definition) is 1. The molecule has 1 aromatic heterocycles. The van der Waals surface area contributed by atoms with Crippen molar-refractivity contribution in [3.8, 4) is 11.5 Å². The van der Waals surface area contributed by atoms with Crippen molar-refractivity contribution in [1.29, 1.82) is 0 Å².